The molecule has 8 nitrogen and oxygen atoms in total. The van der Waals surface area contributed by atoms with E-state index in [0.717, 1.165) is 55.2 Å². The molecule has 1 aromatic carbocycles. The molecular weight excluding hydrogens is 561 g/mol. The van der Waals surface area contributed by atoms with Gasteiger partial charge < -0.3 is 24.7 Å². The molecule has 3 heterocycles. The lowest BCUT2D eigenvalue weighted by atomic mass is 9.82. The fraction of sp³-hybridized carbons (Fsp3) is 0.586. The smallest absolute Gasteiger partial charge is 0.430 e. The van der Waals surface area contributed by atoms with Gasteiger partial charge in [0, 0.05) is 37.3 Å². The fourth-order valence-corrected chi connectivity index (χ4v) is 6.06. The lowest BCUT2D eigenvalue weighted by Gasteiger charge is -2.40. The Morgan fingerprint density at radius 3 is 2.24 bits per heavy atom. The largest absolute Gasteiger partial charge is 0.497 e. The number of aliphatic hydroxyl groups is 2. The number of aromatic nitrogens is 1. The number of hydrogen-bond acceptors (Lipinski definition) is 7. The van der Waals surface area contributed by atoms with Crippen LogP contribution < -0.4 is 9.64 Å². The predicted octanol–water partition coefficient (Wildman–Crippen LogP) is 4.59. The number of likely N-dealkylation sites (tertiary alicyclic amines) is 1. The lowest BCUT2D eigenvalue weighted by Crippen LogP contribution is -2.57. The molecule has 2 N–H and O–H groups in total. The molecule has 1 amide bonds. The molecule has 226 valence electrons. The summed E-state index contributed by atoms with van der Waals surface area (Å²) in [4.78, 5) is 22.6. The van der Waals surface area contributed by atoms with Crippen LogP contribution in [0.4, 0.5) is 19.0 Å². The van der Waals surface area contributed by atoms with Crippen molar-refractivity contribution in [2.24, 2.45) is 11.8 Å². The number of pyridine rings is 1. The Balaban J connectivity index is 1.31. The summed E-state index contributed by atoms with van der Waals surface area (Å²) in [5.74, 6) is 0.309. The van der Waals surface area contributed by atoms with Crippen molar-refractivity contribution in [3.63, 3.8) is 0 Å². The van der Waals surface area contributed by atoms with E-state index in [9.17, 15) is 28.2 Å². The Morgan fingerprint density at radius 1 is 1.10 bits per heavy atom. The van der Waals surface area contributed by atoms with E-state index in [-0.39, 0.29) is 24.0 Å². The van der Waals surface area contributed by atoms with Crippen molar-refractivity contribution in [2.75, 3.05) is 52.3 Å². The first kappa shape index (κ1) is 31.3. The third kappa shape index (κ3) is 6.74. The van der Waals surface area contributed by atoms with E-state index in [2.05, 4.69) is 9.88 Å². The van der Waals surface area contributed by atoms with Gasteiger partial charge in [0.1, 0.15) is 22.9 Å². The topological polar surface area (TPSA) is 89.4 Å². The molecule has 12 heteroatoms. The molecule has 0 spiro atoms. The van der Waals surface area contributed by atoms with Crippen molar-refractivity contribution >= 4 is 23.3 Å². The van der Waals surface area contributed by atoms with Crippen LogP contribution in [-0.4, -0.2) is 84.5 Å². The first-order valence-corrected chi connectivity index (χ1v) is 14.2. The normalized spacial score (nSPS) is 19.8. The molecule has 1 aromatic heterocycles. The molecule has 2 aromatic rings. The van der Waals surface area contributed by atoms with Crippen LogP contribution >= 0.6 is 11.6 Å². The van der Waals surface area contributed by atoms with Crippen LogP contribution in [-0.2, 0) is 10.4 Å². The second-order valence-electron chi connectivity index (χ2n) is 11.2. The van der Waals surface area contributed by atoms with Gasteiger partial charge in [-0.05, 0) is 82.3 Å². The van der Waals surface area contributed by atoms with Gasteiger partial charge in [-0.2, -0.15) is 13.2 Å². The number of rotatable bonds is 8. The van der Waals surface area contributed by atoms with E-state index in [1.165, 1.54) is 19.2 Å². The second-order valence-corrected chi connectivity index (χ2v) is 11.6. The molecular formula is C29H38ClF3N4O4. The number of nitrogens with zero attached hydrogens (tertiary/aromatic N) is 4. The zero-order valence-electron chi connectivity index (χ0n) is 23.6. The number of amides is 1. The monoisotopic (exact) mass is 598 g/mol. The molecule has 0 aliphatic carbocycles. The SMILES string of the molecule is COc1cccc(C(O)(C(=O)N2CCC(CC3CCN(c4ccc(C(O)N(C)C)c(Cl)n4)CC3)CC2)C(F)(F)F)c1. The Hall–Kier alpha value is -2.60. The average Bonchev–Trinajstić information content (AvgIpc) is 2.96. The van der Waals surface area contributed by atoms with Crippen molar-refractivity contribution in [3.8, 4) is 5.75 Å². The summed E-state index contributed by atoms with van der Waals surface area (Å²) < 4.78 is 47.3. The van der Waals surface area contributed by atoms with Crippen LogP contribution in [0, 0.1) is 11.8 Å². The van der Waals surface area contributed by atoms with Gasteiger partial charge in [0.25, 0.3) is 11.5 Å². The van der Waals surface area contributed by atoms with E-state index >= 15 is 0 Å². The molecule has 0 radical (unpaired) electrons. The van der Waals surface area contributed by atoms with E-state index in [1.54, 1.807) is 25.1 Å². The van der Waals surface area contributed by atoms with Gasteiger partial charge >= 0.3 is 6.18 Å². The van der Waals surface area contributed by atoms with Gasteiger partial charge in [0.05, 0.1) is 7.11 Å². The Morgan fingerprint density at radius 2 is 1.71 bits per heavy atom. The number of aliphatic hydroxyl groups excluding tert-OH is 1. The van der Waals surface area contributed by atoms with Crippen molar-refractivity contribution in [1.29, 1.82) is 0 Å². The highest BCUT2D eigenvalue weighted by Gasteiger charge is 2.62. The van der Waals surface area contributed by atoms with Crippen molar-refractivity contribution in [2.45, 2.75) is 50.1 Å². The molecule has 41 heavy (non-hydrogen) atoms. The predicted molar refractivity (Wildman–Crippen MR) is 150 cm³/mol. The number of piperidine rings is 2. The molecule has 2 atom stereocenters. The van der Waals surface area contributed by atoms with E-state index in [1.807, 2.05) is 6.07 Å². The summed E-state index contributed by atoms with van der Waals surface area (Å²) in [6.07, 6.45) is -2.01. The number of hydrogen-bond donors (Lipinski definition) is 2. The number of ether oxygens (including phenoxy) is 1. The Labute approximate surface area is 243 Å². The van der Waals surface area contributed by atoms with E-state index in [0.29, 0.717) is 30.2 Å². The Bertz CT molecular complexity index is 1200. The molecule has 2 unspecified atom stereocenters. The number of carbonyl (C=O) groups is 1. The fourth-order valence-electron chi connectivity index (χ4n) is 5.81. The maximum Gasteiger partial charge on any atom is 0.430 e. The highest BCUT2D eigenvalue weighted by molar-refractivity contribution is 6.30. The van der Waals surface area contributed by atoms with Crippen LogP contribution in [0.1, 0.15) is 49.5 Å². The molecule has 2 aliphatic rings. The van der Waals surface area contributed by atoms with Gasteiger partial charge in [-0.15, -0.1) is 0 Å². The van der Waals surface area contributed by atoms with Gasteiger partial charge in [-0.1, -0.05) is 23.7 Å². The number of halogens is 4. The van der Waals surface area contributed by atoms with E-state index < -0.39 is 29.5 Å². The van der Waals surface area contributed by atoms with Crippen LogP contribution in [0.2, 0.25) is 5.15 Å². The molecule has 4 rings (SSSR count). The molecule has 0 bridgehead atoms. The summed E-state index contributed by atoms with van der Waals surface area (Å²) in [5, 5.41) is 21.3. The standard InChI is InChI=1S/C29H38ClF3N4O4/c1-35(2)26(38)23-7-8-24(34-25(23)30)36-13-9-19(10-14-36)17-20-11-15-37(16-12-20)27(39)28(40,29(31,32)33)21-5-4-6-22(18-21)41-3/h4-8,18-20,26,38,40H,9-17H2,1-3H3. The summed E-state index contributed by atoms with van der Waals surface area (Å²) >= 11 is 6.34. The molecule has 2 saturated heterocycles. The van der Waals surface area contributed by atoms with Crippen molar-refractivity contribution in [3.05, 3.63) is 52.7 Å². The first-order chi connectivity index (χ1) is 19.3. The summed E-state index contributed by atoms with van der Waals surface area (Å²) in [6, 6.07) is 8.59. The maximum atomic E-state index is 14.1. The summed E-state index contributed by atoms with van der Waals surface area (Å²) in [6.45, 7) is 1.94. The minimum absolute atomic E-state index is 0.127. The minimum atomic E-state index is -5.19. The lowest BCUT2D eigenvalue weighted by molar-refractivity contribution is -0.262. The zero-order chi connectivity index (χ0) is 29.9. The van der Waals surface area contributed by atoms with Gasteiger partial charge in [0.2, 0.25) is 0 Å². The van der Waals surface area contributed by atoms with Crippen molar-refractivity contribution < 1.29 is 32.9 Å². The van der Waals surface area contributed by atoms with Gasteiger partial charge in [-0.3, -0.25) is 9.69 Å². The average molecular weight is 599 g/mol. The number of anilines is 1. The highest BCUT2D eigenvalue weighted by atomic mass is 35.5. The number of alkyl halides is 3. The Kier molecular flexibility index (Phi) is 9.73. The summed E-state index contributed by atoms with van der Waals surface area (Å²) in [7, 11) is 4.82. The molecule has 2 aliphatic heterocycles. The third-order valence-electron chi connectivity index (χ3n) is 8.34. The van der Waals surface area contributed by atoms with E-state index in [4.69, 9.17) is 16.3 Å². The number of benzene rings is 1. The minimum Gasteiger partial charge on any atom is -0.497 e. The highest BCUT2D eigenvalue weighted by Crippen LogP contribution is 2.42. The quantitative estimate of drug-likeness (QED) is 0.339. The third-order valence-corrected chi connectivity index (χ3v) is 8.65. The first-order valence-electron chi connectivity index (χ1n) is 13.8. The van der Waals surface area contributed by atoms with Crippen molar-refractivity contribution in [1.82, 2.24) is 14.8 Å². The van der Waals surface area contributed by atoms with Crippen LogP contribution in [0.15, 0.2) is 36.4 Å². The number of carbonyl (C=O) groups excluding carboxylic acids is 1. The summed E-state index contributed by atoms with van der Waals surface area (Å²) in [5.41, 5.74) is -3.64. The molecule has 0 saturated carbocycles. The van der Waals surface area contributed by atoms with Crippen LogP contribution in [0.3, 0.4) is 0 Å². The number of methoxy groups -OCH3 is 1. The molecule has 2 fully saturated rings. The second kappa shape index (κ2) is 12.7. The maximum absolute atomic E-state index is 14.1. The van der Waals surface area contributed by atoms with Crippen LogP contribution in [0.5, 0.6) is 5.75 Å². The van der Waals surface area contributed by atoms with Gasteiger partial charge in [0.15, 0.2) is 0 Å². The zero-order valence-corrected chi connectivity index (χ0v) is 24.3. The van der Waals surface area contributed by atoms with Crippen LogP contribution in [0.25, 0.3) is 0 Å². The van der Waals surface area contributed by atoms with Gasteiger partial charge in [-0.25, -0.2) is 4.98 Å².